The molecular formula is C24H25N5O2. The van der Waals surface area contributed by atoms with E-state index in [1.54, 1.807) is 12.1 Å². The summed E-state index contributed by atoms with van der Waals surface area (Å²) in [5.74, 6) is 1.29. The molecule has 1 aliphatic rings. The summed E-state index contributed by atoms with van der Waals surface area (Å²) in [6.07, 6.45) is 5.39. The third-order valence-electron chi connectivity index (χ3n) is 5.84. The summed E-state index contributed by atoms with van der Waals surface area (Å²) in [5, 5.41) is 0. The first kappa shape index (κ1) is 19.2. The van der Waals surface area contributed by atoms with Gasteiger partial charge in [0.15, 0.2) is 11.6 Å². The molecule has 7 heteroatoms. The SMILES string of the molecule is CN(C)c1ccc(-c2ccc3c(N4CCN(C(=O)c5ccco5)CC4)nccn23)cc1. The molecule has 0 atom stereocenters. The highest BCUT2D eigenvalue weighted by molar-refractivity contribution is 5.91. The van der Waals surface area contributed by atoms with Gasteiger partial charge in [0.1, 0.15) is 0 Å². The molecule has 7 nitrogen and oxygen atoms in total. The lowest BCUT2D eigenvalue weighted by Gasteiger charge is -2.35. The van der Waals surface area contributed by atoms with Gasteiger partial charge in [-0.1, -0.05) is 12.1 Å². The number of piperazine rings is 1. The van der Waals surface area contributed by atoms with Crippen molar-refractivity contribution in [2.45, 2.75) is 0 Å². The number of benzene rings is 1. The van der Waals surface area contributed by atoms with E-state index in [1.807, 2.05) is 31.4 Å². The molecule has 0 radical (unpaired) electrons. The van der Waals surface area contributed by atoms with Gasteiger partial charge >= 0.3 is 0 Å². The van der Waals surface area contributed by atoms with E-state index in [4.69, 9.17) is 4.42 Å². The molecule has 3 aromatic heterocycles. The van der Waals surface area contributed by atoms with Gasteiger partial charge in [-0.05, 0) is 42.0 Å². The first-order chi connectivity index (χ1) is 15.1. The van der Waals surface area contributed by atoms with Crippen molar-refractivity contribution >= 4 is 22.9 Å². The Bertz CT molecular complexity index is 1190. The van der Waals surface area contributed by atoms with E-state index in [-0.39, 0.29) is 5.91 Å². The summed E-state index contributed by atoms with van der Waals surface area (Å²) in [5.41, 5.74) is 4.54. The number of hydrogen-bond acceptors (Lipinski definition) is 5. The zero-order valence-electron chi connectivity index (χ0n) is 17.7. The second kappa shape index (κ2) is 7.83. The molecule has 0 saturated carbocycles. The lowest BCUT2D eigenvalue weighted by atomic mass is 10.1. The fourth-order valence-electron chi connectivity index (χ4n) is 4.11. The molecule has 0 N–H and O–H groups in total. The lowest BCUT2D eigenvalue weighted by Crippen LogP contribution is -2.49. The number of rotatable bonds is 4. The van der Waals surface area contributed by atoms with Gasteiger partial charge in [0.25, 0.3) is 5.91 Å². The molecule has 31 heavy (non-hydrogen) atoms. The van der Waals surface area contributed by atoms with Gasteiger partial charge in [0.2, 0.25) is 0 Å². The molecule has 4 heterocycles. The Morgan fingerprint density at radius 1 is 1.00 bits per heavy atom. The highest BCUT2D eigenvalue weighted by Crippen LogP contribution is 2.29. The molecule has 0 bridgehead atoms. The second-order valence-electron chi connectivity index (χ2n) is 7.92. The number of anilines is 2. The van der Waals surface area contributed by atoms with Gasteiger partial charge in [-0.15, -0.1) is 0 Å². The molecule has 1 aromatic carbocycles. The van der Waals surface area contributed by atoms with Crippen LogP contribution in [0.25, 0.3) is 16.8 Å². The zero-order chi connectivity index (χ0) is 21.4. The number of furan rings is 1. The molecular weight excluding hydrogens is 390 g/mol. The van der Waals surface area contributed by atoms with Crippen LogP contribution in [0.3, 0.4) is 0 Å². The molecule has 0 unspecified atom stereocenters. The first-order valence-corrected chi connectivity index (χ1v) is 10.4. The van der Waals surface area contributed by atoms with Crippen molar-refractivity contribution in [2.75, 3.05) is 50.1 Å². The van der Waals surface area contributed by atoms with E-state index in [0.29, 0.717) is 18.8 Å². The van der Waals surface area contributed by atoms with E-state index >= 15 is 0 Å². The highest BCUT2D eigenvalue weighted by atomic mass is 16.3. The minimum Gasteiger partial charge on any atom is -0.459 e. The van der Waals surface area contributed by atoms with Crippen molar-refractivity contribution < 1.29 is 9.21 Å². The summed E-state index contributed by atoms with van der Waals surface area (Å²) < 4.78 is 7.45. The van der Waals surface area contributed by atoms with Gasteiger partial charge in [-0.3, -0.25) is 4.79 Å². The number of aromatic nitrogens is 2. The highest BCUT2D eigenvalue weighted by Gasteiger charge is 2.25. The molecule has 5 rings (SSSR count). The van der Waals surface area contributed by atoms with E-state index in [1.165, 1.54) is 12.0 Å². The first-order valence-electron chi connectivity index (χ1n) is 10.4. The van der Waals surface area contributed by atoms with Crippen LogP contribution in [-0.4, -0.2) is 60.5 Å². The average molecular weight is 415 g/mol. The van der Waals surface area contributed by atoms with Crippen molar-refractivity contribution in [1.29, 1.82) is 0 Å². The largest absolute Gasteiger partial charge is 0.459 e. The number of carbonyl (C=O) groups is 1. The minimum atomic E-state index is -0.0537. The monoisotopic (exact) mass is 415 g/mol. The van der Waals surface area contributed by atoms with Crippen LogP contribution in [0.4, 0.5) is 11.5 Å². The van der Waals surface area contributed by atoms with Crippen LogP contribution >= 0.6 is 0 Å². The Kier molecular flexibility index (Phi) is 4.86. The summed E-state index contributed by atoms with van der Waals surface area (Å²) in [4.78, 5) is 23.4. The van der Waals surface area contributed by atoms with E-state index in [0.717, 1.165) is 35.7 Å². The minimum absolute atomic E-state index is 0.0537. The van der Waals surface area contributed by atoms with E-state index < -0.39 is 0 Å². The fraction of sp³-hybridized carbons (Fsp3) is 0.250. The molecule has 1 aliphatic heterocycles. The maximum absolute atomic E-state index is 12.5. The van der Waals surface area contributed by atoms with Crippen LogP contribution in [-0.2, 0) is 0 Å². The number of nitrogens with zero attached hydrogens (tertiary/aromatic N) is 5. The lowest BCUT2D eigenvalue weighted by molar-refractivity contribution is 0.0714. The Hall–Kier alpha value is -3.74. The molecule has 4 aromatic rings. The topological polar surface area (TPSA) is 57.2 Å². The quantitative estimate of drug-likeness (QED) is 0.510. The van der Waals surface area contributed by atoms with E-state index in [2.05, 4.69) is 55.6 Å². The van der Waals surface area contributed by atoms with E-state index in [9.17, 15) is 4.79 Å². The predicted octanol–water partition coefficient (Wildman–Crippen LogP) is 3.62. The van der Waals surface area contributed by atoms with Crippen LogP contribution in [0, 0.1) is 0 Å². The maximum atomic E-state index is 12.5. The zero-order valence-corrected chi connectivity index (χ0v) is 17.7. The maximum Gasteiger partial charge on any atom is 0.289 e. The smallest absolute Gasteiger partial charge is 0.289 e. The molecule has 1 fully saturated rings. The van der Waals surface area contributed by atoms with Crippen molar-refractivity contribution in [3.05, 3.63) is 72.9 Å². The molecule has 158 valence electrons. The van der Waals surface area contributed by atoms with Crippen molar-refractivity contribution in [3.63, 3.8) is 0 Å². The third kappa shape index (κ3) is 3.52. The number of hydrogen-bond donors (Lipinski definition) is 0. The van der Waals surface area contributed by atoms with Gasteiger partial charge in [0, 0.05) is 58.4 Å². The summed E-state index contributed by atoms with van der Waals surface area (Å²) in [6, 6.07) is 16.3. The van der Waals surface area contributed by atoms with Gasteiger partial charge in [-0.25, -0.2) is 4.98 Å². The Morgan fingerprint density at radius 3 is 2.45 bits per heavy atom. The summed E-state index contributed by atoms with van der Waals surface area (Å²) >= 11 is 0. The summed E-state index contributed by atoms with van der Waals surface area (Å²) in [7, 11) is 4.09. The van der Waals surface area contributed by atoms with Gasteiger partial charge in [-0.2, -0.15) is 0 Å². The Morgan fingerprint density at radius 2 is 1.77 bits per heavy atom. The van der Waals surface area contributed by atoms with Crippen LogP contribution in [0.5, 0.6) is 0 Å². The molecule has 0 aliphatic carbocycles. The molecule has 1 amide bonds. The standard InChI is InChI=1S/C24H25N5O2/c1-26(2)19-7-5-18(6-8-19)20-9-10-21-23(25-11-12-29(20)21)27-13-15-28(16-14-27)24(30)22-4-3-17-31-22/h3-12,17H,13-16H2,1-2H3. The molecule has 1 saturated heterocycles. The van der Waals surface area contributed by atoms with Gasteiger partial charge in [0.05, 0.1) is 17.5 Å². The third-order valence-corrected chi connectivity index (χ3v) is 5.84. The van der Waals surface area contributed by atoms with Crippen LogP contribution in [0.2, 0.25) is 0 Å². The average Bonchev–Trinajstić information content (AvgIpc) is 3.49. The number of amides is 1. The van der Waals surface area contributed by atoms with Crippen LogP contribution in [0.1, 0.15) is 10.6 Å². The van der Waals surface area contributed by atoms with Gasteiger partial charge < -0.3 is 23.5 Å². The number of fused-ring (bicyclic) bond motifs is 1. The Labute approximate surface area is 181 Å². The second-order valence-corrected chi connectivity index (χ2v) is 7.92. The molecule has 0 spiro atoms. The normalized spacial score (nSPS) is 14.3. The predicted molar refractivity (Wildman–Crippen MR) is 122 cm³/mol. The number of carbonyl (C=O) groups excluding carboxylic acids is 1. The van der Waals surface area contributed by atoms with Crippen molar-refractivity contribution in [2.24, 2.45) is 0 Å². The van der Waals surface area contributed by atoms with Crippen LogP contribution in [0.15, 0.2) is 71.6 Å². The Balaban J connectivity index is 1.37. The fourth-order valence-corrected chi connectivity index (χ4v) is 4.11. The van der Waals surface area contributed by atoms with Crippen molar-refractivity contribution in [1.82, 2.24) is 14.3 Å². The summed E-state index contributed by atoms with van der Waals surface area (Å²) in [6.45, 7) is 2.75. The van der Waals surface area contributed by atoms with Crippen molar-refractivity contribution in [3.8, 4) is 11.3 Å². The van der Waals surface area contributed by atoms with Crippen LogP contribution < -0.4 is 9.80 Å².